The van der Waals surface area contributed by atoms with Crippen molar-refractivity contribution in [3.05, 3.63) is 70.9 Å². The molecular formula is C25H28N2O2. The standard InChI is InChI=1S/C25H28N2O2/c1-5-22(29)27-20-9-7-6-8-18(20)26-19-14-25(3,4)15-21(28)23(19)24(27)17-12-10-16(2)11-13-17/h6-13,24,26H,5,14-15H2,1-4H3. The van der Waals surface area contributed by atoms with E-state index in [1.165, 1.54) is 0 Å². The Hall–Kier alpha value is -2.88. The minimum atomic E-state index is -0.419. The number of fused-ring (bicyclic) bond motifs is 1. The Bertz CT molecular complexity index is 1000. The highest BCUT2D eigenvalue weighted by Crippen LogP contribution is 2.48. The summed E-state index contributed by atoms with van der Waals surface area (Å²) in [6.07, 6.45) is 1.64. The topological polar surface area (TPSA) is 49.4 Å². The number of para-hydroxylation sites is 2. The van der Waals surface area contributed by atoms with Crippen LogP contribution in [-0.2, 0) is 9.59 Å². The van der Waals surface area contributed by atoms with Crippen LogP contribution in [0.2, 0.25) is 0 Å². The molecule has 4 nitrogen and oxygen atoms in total. The number of allylic oxidation sites excluding steroid dienone is 1. The van der Waals surface area contributed by atoms with Crippen LogP contribution in [0.3, 0.4) is 0 Å². The van der Waals surface area contributed by atoms with E-state index in [2.05, 4.69) is 19.2 Å². The lowest BCUT2D eigenvalue weighted by molar-refractivity contribution is -0.119. The number of carbonyl (C=O) groups is 2. The highest BCUT2D eigenvalue weighted by molar-refractivity contribution is 6.06. The van der Waals surface area contributed by atoms with Gasteiger partial charge >= 0.3 is 0 Å². The van der Waals surface area contributed by atoms with Gasteiger partial charge in [-0.2, -0.15) is 0 Å². The van der Waals surface area contributed by atoms with E-state index in [-0.39, 0.29) is 17.1 Å². The number of nitrogens with zero attached hydrogens (tertiary/aromatic N) is 1. The predicted molar refractivity (Wildman–Crippen MR) is 117 cm³/mol. The van der Waals surface area contributed by atoms with E-state index in [9.17, 15) is 9.59 Å². The van der Waals surface area contributed by atoms with Gasteiger partial charge in [-0.1, -0.05) is 62.7 Å². The van der Waals surface area contributed by atoms with Crippen LogP contribution in [0.1, 0.15) is 57.2 Å². The molecule has 0 bridgehead atoms. The van der Waals surface area contributed by atoms with Crippen molar-refractivity contribution < 1.29 is 9.59 Å². The predicted octanol–water partition coefficient (Wildman–Crippen LogP) is 5.55. The van der Waals surface area contributed by atoms with Crippen molar-refractivity contribution in [1.82, 2.24) is 0 Å². The Morgan fingerprint density at radius 2 is 1.79 bits per heavy atom. The molecular weight excluding hydrogens is 360 g/mol. The lowest BCUT2D eigenvalue weighted by Crippen LogP contribution is -2.39. The van der Waals surface area contributed by atoms with E-state index in [4.69, 9.17) is 0 Å². The highest BCUT2D eigenvalue weighted by atomic mass is 16.2. The van der Waals surface area contributed by atoms with Crippen LogP contribution in [0.5, 0.6) is 0 Å². The molecule has 0 fully saturated rings. The van der Waals surface area contributed by atoms with Gasteiger partial charge in [-0.3, -0.25) is 14.5 Å². The second-order valence-corrected chi connectivity index (χ2v) is 8.91. The van der Waals surface area contributed by atoms with Crippen LogP contribution < -0.4 is 10.2 Å². The van der Waals surface area contributed by atoms with Gasteiger partial charge < -0.3 is 5.32 Å². The van der Waals surface area contributed by atoms with Crippen molar-refractivity contribution in [3.8, 4) is 0 Å². The number of rotatable bonds is 2. The summed E-state index contributed by atoms with van der Waals surface area (Å²) in [5.74, 6) is 0.132. The van der Waals surface area contributed by atoms with E-state index in [1.807, 2.05) is 67.3 Å². The summed E-state index contributed by atoms with van der Waals surface area (Å²) in [5.41, 5.74) is 5.38. The molecule has 1 aliphatic heterocycles. The molecule has 150 valence electrons. The van der Waals surface area contributed by atoms with E-state index < -0.39 is 6.04 Å². The number of hydrogen-bond donors (Lipinski definition) is 1. The van der Waals surface area contributed by atoms with Gasteiger partial charge in [-0.05, 0) is 36.5 Å². The number of nitrogens with one attached hydrogen (secondary N) is 1. The molecule has 29 heavy (non-hydrogen) atoms. The molecule has 0 radical (unpaired) electrons. The van der Waals surface area contributed by atoms with Crippen LogP contribution in [0.4, 0.5) is 11.4 Å². The molecule has 4 heteroatoms. The molecule has 1 heterocycles. The highest BCUT2D eigenvalue weighted by Gasteiger charge is 2.42. The Morgan fingerprint density at radius 1 is 1.10 bits per heavy atom. The van der Waals surface area contributed by atoms with Crippen molar-refractivity contribution in [2.45, 2.75) is 53.0 Å². The first-order valence-corrected chi connectivity index (χ1v) is 10.3. The second kappa shape index (κ2) is 7.18. The lowest BCUT2D eigenvalue weighted by Gasteiger charge is -2.37. The number of benzene rings is 2. The van der Waals surface area contributed by atoms with Crippen LogP contribution in [-0.4, -0.2) is 11.7 Å². The number of amides is 1. The normalized spacial score (nSPS) is 20.5. The first-order chi connectivity index (χ1) is 13.8. The van der Waals surface area contributed by atoms with E-state index in [1.54, 1.807) is 0 Å². The fraction of sp³-hybridized carbons (Fsp3) is 0.360. The molecule has 0 spiro atoms. The SMILES string of the molecule is CCC(=O)N1c2ccccc2NC2=C(C(=O)CC(C)(C)C2)C1c1ccc(C)cc1. The fourth-order valence-corrected chi connectivity index (χ4v) is 4.50. The van der Waals surface area contributed by atoms with Crippen LogP contribution in [0, 0.1) is 12.3 Å². The van der Waals surface area contributed by atoms with Crippen LogP contribution >= 0.6 is 0 Å². The van der Waals surface area contributed by atoms with Crippen molar-refractivity contribution in [2.24, 2.45) is 5.41 Å². The van der Waals surface area contributed by atoms with Gasteiger partial charge in [-0.25, -0.2) is 0 Å². The molecule has 1 unspecified atom stereocenters. The van der Waals surface area contributed by atoms with Crippen molar-refractivity contribution in [2.75, 3.05) is 10.2 Å². The Labute approximate surface area is 172 Å². The number of hydrogen-bond acceptors (Lipinski definition) is 3. The lowest BCUT2D eigenvalue weighted by atomic mass is 9.73. The van der Waals surface area contributed by atoms with Crippen molar-refractivity contribution in [3.63, 3.8) is 0 Å². The van der Waals surface area contributed by atoms with E-state index in [0.717, 1.165) is 40.2 Å². The monoisotopic (exact) mass is 388 g/mol. The molecule has 1 amide bonds. The largest absolute Gasteiger partial charge is 0.357 e. The third-order valence-corrected chi connectivity index (χ3v) is 5.86. The Morgan fingerprint density at radius 3 is 2.48 bits per heavy atom. The molecule has 4 rings (SSSR count). The Kier molecular flexibility index (Phi) is 4.81. The summed E-state index contributed by atoms with van der Waals surface area (Å²) in [6.45, 7) is 8.17. The molecule has 0 saturated heterocycles. The number of anilines is 2. The summed E-state index contributed by atoms with van der Waals surface area (Å²) in [7, 11) is 0. The zero-order chi connectivity index (χ0) is 20.8. The third-order valence-electron chi connectivity index (χ3n) is 5.86. The van der Waals surface area contributed by atoms with Gasteiger partial charge in [0.2, 0.25) is 5.91 Å². The zero-order valence-electron chi connectivity index (χ0n) is 17.6. The third kappa shape index (κ3) is 3.48. The maximum Gasteiger partial charge on any atom is 0.227 e. The molecule has 2 aromatic carbocycles. The number of Topliss-reactive ketones (excluding diaryl/α,β-unsaturated/α-hetero) is 1. The van der Waals surface area contributed by atoms with Gasteiger partial charge in [-0.15, -0.1) is 0 Å². The Balaban J connectivity index is 2.00. The van der Waals surface area contributed by atoms with Gasteiger partial charge in [0.05, 0.1) is 17.4 Å². The second-order valence-electron chi connectivity index (χ2n) is 8.91. The average Bonchev–Trinajstić information content (AvgIpc) is 2.81. The first kappa shape index (κ1) is 19.4. The molecule has 2 aliphatic rings. The van der Waals surface area contributed by atoms with Crippen LogP contribution in [0.25, 0.3) is 0 Å². The minimum absolute atomic E-state index is 0.0104. The molecule has 1 atom stereocenters. The minimum Gasteiger partial charge on any atom is -0.357 e. The summed E-state index contributed by atoms with van der Waals surface area (Å²) in [6, 6.07) is 15.6. The molecule has 0 saturated carbocycles. The quantitative estimate of drug-likeness (QED) is 0.734. The van der Waals surface area contributed by atoms with Gasteiger partial charge in [0.25, 0.3) is 0 Å². The van der Waals surface area contributed by atoms with Crippen molar-refractivity contribution >= 4 is 23.1 Å². The first-order valence-electron chi connectivity index (χ1n) is 10.3. The molecule has 0 aromatic heterocycles. The van der Waals surface area contributed by atoms with Crippen molar-refractivity contribution in [1.29, 1.82) is 0 Å². The number of ketones is 1. The van der Waals surface area contributed by atoms with E-state index >= 15 is 0 Å². The maximum absolute atomic E-state index is 13.4. The molecule has 1 aliphatic carbocycles. The summed E-state index contributed by atoms with van der Waals surface area (Å²) in [4.78, 5) is 28.5. The summed E-state index contributed by atoms with van der Waals surface area (Å²) < 4.78 is 0. The number of carbonyl (C=O) groups excluding carboxylic acids is 2. The van der Waals surface area contributed by atoms with E-state index in [0.29, 0.717) is 12.8 Å². The zero-order valence-corrected chi connectivity index (χ0v) is 17.6. The van der Waals surface area contributed by atoms with Crippen LogP contribution in [0.15, 0.2) is 59.8 Å². The maximum atomic E-state index is 13.4. The molecule has 1 N–H and O–H groups in total. The summed E-state index contributed by atoms with van der Waals surface area (Å²) >= 11 is 0. The number of aryl methyl sites for hydroxylation is 1. The molecule has 2 aromatic rings. The van der Waals surface area contributed by atoms with Gasteiger partial charge in [0, 0.05) is 24.1 Å². The van der Waals surface area contributed by atoms with Gasteiger partial charge in [0.15, 0.2) is 5.78 Å². The summed E-state index contributed by atoms with van der Waals surface area (Å²) in [5, 5.41) is 3.53. The average molecular weight is 389 g/mol. The van der Waals surface area contributed by atoms with Gasteiger partial charge in [0.1, 0.15) is 0 Å². The smallest absolute Gasteiger partial charge is 0.227 e. The fourth-order valence-electron chi connectivity index (χ4n) is 4.50.